The molecule has 0 spiro atoms. The number of hydrogen-bond acceptors (Lipinski definition) is 2. The molecule has 2 amide bonds. The maximum Gasteiger partial charge on any atom is 0.285 e. The minimum absolute atomic E-state index is 0.239. The third kappa shape index (κ3) is 8.61. The van der Waals surface area contributed by atoms with Crippen LogP contribution in [0.1, 0.15) is 73.6 Å². The lowest BCUT2D eigenvalue weighted by Gasteiger charge is -2.32. The molecule has 0 heterocycles. The van der Waals surface area contributed by atoms with E-state index in [1.165, 1.54) is 41.4 Å². The number of hydrogen-bond donors (Lipinski definition) is 1. The van der Waals surface area contributed by atoms with Crippen molar-refractivity contribution in [3.05, 3.63) is 58.7 Å². The van der Waals surface area contributed by atoms with Crippen molar-refractivity contribution in [2.24, 2.45) is 5.41 Å². The average molecular weight is 416 g/mol. The Bertz CT molecular complexity index is 751. The van der Waals surface area contributed by atoms with E-state index in [9.17, 15) is 9.59 Å². The molecule has 0 radical (unpaired) electrons. The van der Waals surface area contributed by atoms with Crippen LogP contribution >= 0.6 is 12.6 Å². The lowest BCUT2D eigenvalue weighted by Crippen LogP contribution is -2.32. The van der Waals surface area contributed by atoms with Gasteiger partial charge in [0.1, 0.15) is 0 Å². The number of allylic oxidation sites excluding steroid dienone is 9. The van der Waals surface area contributed by atoms with Crippen molar-refractivity contribution >= 4 is 23.8 Å². The largest absolute Gasteiger partial charge is 0.285 e. The minimum atomic E-state index is -0.507. The first kappa shape index (κ1) is 25.2. The third-order valence-corrected chi connectivity index (χ3v) is 5.60. The van der Waals surface area contributed by atoms with Gasteiger partial charge in [-0.15, -0.1) is 0 Å². The first-order valence-electron chi connectivity index (χ1n) is 10.5. The molecule has 0 aromatic rings. The molecule has 0 bridgehead atoms. The maximum atomic E-state index is 12.3. The minimum Gasteiger partial charge on any atom is -0.270 e. The second-order valence-electron chi connectivity index (χ2n) is 8.55. The van der Waals surface area contributed by atoms with Crippen LogP contribution in [0.2, 0.25) is 0 Å². The highest BCUT2D eigenvalue weighted by atomic mass is 32.1. The predicted octanol–water partition coefficient (Wildman–Crippen LogP) is 7.20. The molecule has 4 heteroatoms. The topological polar surface area (TPSA) is 37.4 Å². The van der Waals surface area contributed by atoms with Gasteiger partial charge in [0.25, 0.3) is 11.1 Å². The summed E-state index contributed by atoms with van der Waals surface area (Å²) in [6.45, 7) is 13.2. The molecule has 0 aromatic carbocycles. The Morgan fingerprint density at radius 2 is 1.86 bits per heavy atom. The Kier molecular flexibility index (Phi) is 10.5. The summed E-state index contributed by atoms with van der Waals surface area (Å²) in [5.41, 5.74) is 5.13. The Morgan fingerprint density at radius 3 is 2.45 bits per heavy atom. The first-order chi connectivity index (χ1) is 13.6. The summed E-state index contributed by atoms with van der Waals surface area (Å²) in [6.07, 6.45) is 17.1. The van der Waals surface area contributed by atoms with Crippen LogP contribution in [0.5, 0.6) is 0 Å². The lowest BCUT2D eigenvalue weighted by atomic mass is 9.72. The molecule has 0 saturated carbocycles. The molecule has 0 unspecified atom stereocenters. The molecular weight excluding hydrogens is 378 g/mol. The zero-order valence-corrected chi connectivity index (χ0v) is 19.8. The number of nitrogens with zero attached hydrogens (tertiary/aromatic N) is 1. The molecule has 1 rings (SSSR count). The Morgan fingerprint density at radius 1 is 1.17 bits per heavy atom. The molecule has 0 fully saturated rings. The number of unbranched alkanes of at least 4 members (excludes halogenated alkanes) is 1. The molecule has 1 aliphatic rings. The second-order valence-corrected chi connectivity index (χ2v) is 8.93. The van der Waals surface area contributed by atoms with E-state index in [1.54, 1.807) is 0 Å². The molecule has 1 aliphatic carbocycles. The fourth-order valence-corrected chi connectivity index (χ4v) is 3.77. The molecule has 3 nitrogen and oxygen atoms in total. The molecule has 0 saturated heterocycles. The van der Waals surface area contributed by atoms with Crippen molar-refractivity contribution in [3.63, 3.8) is 0 Å². The van der Waals surface area contributed by atoms with Crippen LogP contribution in [0, 0.1) is 5.41 Å². The summed E-state index contributed by atoms with van der Waals surface area (Å²) >= 11 is 3.81. The van der Waals surface area contributed by atoms with Gasteiger partial charge in [0.15, 0.2) is 0 Å². The fourth-order valence-electron chi connectivity index (χ4n) is 3.57. The van der Waals surface area contributed by atoms with Crippen LogP contribution in [-0.4, -0.2) is 22.6 Å². The molecule has 0 atom stereocenters. The van der Waals surface area contributed by atoms with E-state index >= 15 is 0 Å². The number of carbonyl (C=O) groups is 2. The van der Waals surface area contributed by atoms with Crippen molar-refractivity contribution in [2.75, 3.05) is 6.54 Å². The van der Waals surface area contributed by atoms with Crippen LogP contribution < -0.4 is 0 Å². The van der Waals surface area contributed by atoms with Crippen molar-refractivity contribution < 1.29 is 9.59 Å². The normalized spacial score (nSPS) is 18.0. The Hall–Kier alpha value is -1.81. The quantitative estimate of drug-likeness (QED) is 0.259. The number of imide groups is 1. The summed E-state index contributed by atoms with van der Waals surface area (Å²) < 4.78 is 0. The highest BCUT2D eigenvalue weighted by Gasteiger charge is 2.26. The highest BCUT2D eigenvalue weighted by Crippen LogP contribution is 2.40. The van der Waals surface area contributed by atoms with Gasteiger partial charge in [0, 0.05) is 12.6 Å². The van der Waals surface area contributed by atoms with Crippen LogP contribution in [0.4, 0.5) is 4.79 Å². The summed E-state index contributed by atoms with van der Waals surface area (Å²) in [6, 6.07) is 0. The van der Waals surface area contributed by atoms with Crippen LogP contribution in [0.3, 0.4) is 0 Å². The zero-order valence-electron chi connectivity index (χ0n) is 18.9. The van der Waals surface area contributed by atoms with Gasteiger partial charge in [-0.2, -0.15) is 0 Å². The number of rotatable bonds is 8. The van der Waals surface area contributed by atoms with Crippen LogP contribution in [0.25, 0.3) is 0 Å². The summed E-state index contributed by atoms with van der Waals surface area (Å²) in [7, 11) is 0. The Labute approximate surface area is 182 Å². The average Bonchev–Trinajstić information content (AvgIpc) is 2.60. The van der Waals surface area contributed by atoms with Crippen LogP contribution in [-0.2, 0) is 4.79 Å². The van der Waals surface area contributed by atoms with E-state index in [0.29, 0.717) is 6.54 Å². The van der Waals surface area contributed by atoms with Crippen molar-refractivity contribution in [3.8, 4) is 0 Å². The van der Waals surface area contributed by atoms with Gasteiger partial charge in [0.2, 0.25) is 0 Å². The lowest BCUT2D eigenvalue weighted by molar-refractivity contribution is -0.122. The highest BCUT2D eigenvalue weighted by molar-refractivity contribution is 7.96. The van der Waals surface area contributed by atoms with Gasteiger partial charge in [-0.1, -0.05) is 81.3 Å². The molecule has 160 valence electrons. The molecule has 0 aliphatic heterocycles. The molecule has 29 heavy (non-hydrogen) atoms. The smallest absolute Gasteiger partial charge is 0.270 e. The standard InChI is InChI=1S/C25H37NO2S/c1-7-8-17-26(24(28)29)23(27)18-20(3)12-9-11-19(2)14-15-22-21(4)13-10-16-25(22,5)6/h9,11-12,14-15,18H,7-8,10,13,16-17H2,1-6H3,(H,28,29). The molecular formula is C25H37NO2S. The summed E-state index contributed by atoms with van der Waals surface area (Å²) in [5, 5.41) is -0.507. The summed E-state index contributed by atoms with van der Waals surface area (Å²) in [4.78, 5) is 25.0. The van der Waals surface area contributed by atoms with E-state index in [1.807, 2.05) is 32.1 Å². The van der Waals surface area contributed by atoms with Gasteiger partial charge in [0.05, 0.1) is 0 Å². The Balaban J connectivity index is 2.79. The number of amides is 2. The van der Waals surface area contributed by atoms with Crippen molar-refractivity contribution in [1.82, 2.24) is 4.90 Å². The molecule has 0 N–H and O–H groups in total. The zero-order chi connectivity index (χ0) is 22.0. The van der Waals surface area contributed by atoms with Crippen molar-refractivity contribution in [2.45, 2.75) is 73.6 Å². The van der Waals surface area contributed by atoms with Gasteiger partial charge in [-0.3, -0.25) is 14.5 Å². The van der Waals surface area contributed by atoms with E-state index in [0.717, 1.165) is 24.0 Å². The summed E-state index contributed by atoms with van der Waals surface area (Å²) in [5.74, 6) is -0.317. The van der Waals surface area contributed by atoms with E-state index in [-0.39, 0.29) is 11.3 Å². The van der Waals surface area contributed by atoms with Gasteiger partial charge in [-0.25, -0.2) is 0 Å². The predicted molar refractivity (Wildman–Crippen MR) is 127 cm³/mol. The fraction of sp³-hybridized carbons (Fsp3) is 0.520. The van der Waals surface area contributed by atoms with Crippen LogP contribution in [0.15, 0.2) is 58.7 Å². The first-order valence-corrected chi connectivity index (χ1v) is 11.0. The second kappa shape index (κ2) is 12.0. The van der Waals surface area contributed by atoms with E-state index < -0.39 is 5.24 Å². The maximum absolute atomic E-state index is 12.3. The van der Waals surface area contributed by atoms with E-state index in [2.05, 4.69) is 52.5 Å². The SMILES string of the molecule is CCCCN(C(=O)S)C(=O)C=C(C)C=CC=C(C)C=CC1=C(C)CCCC1(C)C. The van der Waals surface area contributed by atoms with Gasteiger partial charge in [-0.05, 0) is 63.0 Å². The van der Waals surface area contributed by atoms with Gasteiger partial charge < -0.3 is 0 Å². The number of carbonyl (C=O) groups excluding carboxylic acids is 2. The monoisotopic (exact) mass is 415 g/mol. The third-order valence-electron chi connectivity index (χ3n) is 5.36. The van der Waals surface area contributed by atoms with E-state index in [4.69, 9.17) is 0 Å². The van der Waals surface area contributed by atoms with Gasteiger partial charge >= 0.3 is 0 Å². The molecule has 0 aromatic heterocycles. The van der Waals surface area contributed by atoms with Crippen molar-refractivity contribution in [1.29, 1.82) is 0 Å². The number of thiol groups is 1.